The Morgan fingerprint density at radius 3 is 2.44 bits per heavy atom. The highest BCUT2D eigenvalue weighted by atomic mass is 79.9. The first-order valence-corrected chi connectivity index (χ1v) is 7.68. The van der Waals surface area contributed by atoms with Gasteiger partial charge in [-0.3, -0.25) is 0 Å². The summed E-state index contributed by atoms with van der Waals surface area (Å²) in [5, 5.41) is 1.39. The molecule has 0 aliphatic heterocycles. The number of ether oxygens (including phenoxy) is 1. The quantitative estimate of drug-likeness (QED) is 0.576. The zero-order valence-electron chi connectivity index (χ0n) is 9.71. The largest absolute Gasteiger partial charge is 0.455 e. The van der Waals surface area contributed by atoms with Crippen molar-refractivity contribution in [1.29, 1.82) is 0 Å². The minimum atomic E-state index is 0.611. The molecular formula is C14H11Br2ClO. The third kappa shape index (κ3) is 3.28. The van der Waals surface area contributed by atoms with Crippen LogP contribution in [0.15, 0.2) is 40.9 Å². The molecule has 0 heterocycles. The molecule has 18 heavy (non-hydrogen) atoms. The Hall–Kier alpha value is -0.510. The molecule has 0 amide bonds. The number of aryl methyl sites for hydroxylation is 1. The van der Waals surface area contributed by atoms with Crippen LogP contribution in [0.1, 0.15) is 11.1 Å². The average Bonchev–Trinajstić information content (AvgIpc) is 2.34. The van der Waals surface area contributed by atoms with Gasteiger partial charge in [0.15, 0.2) is 0 Å². The summed E-state index contributed by atoms with van der Waals surface area (Å²) in [6.45, 7) is 2.03. The molecule has 0 aliphatic rings. The van der Waals surface area contributed by atoms with Gasteiger partial charge in [0.1, 0.15) is 11.5 Å². The maximum absolute atomic E-state index is 6.18. The standard InChI is InChI=1S/C14H11Br2ClO/c1-9-2-4-13(11(16)6-9)18-14-5-3-10(8-15)7-12(14)17/h2-7H,8H2,1H3. The predicted octanol–water partition coefficient (Wildman–Crippen LogP) is 6.10. The molecule has 4 heteroatoms. The zero-order chi connectivity index (χ0) is 13.1. The van der Waals surface area contributed by atoms with Crippen LogP contribution in [0.25, 0.3) is 0 Å². The summed E-state index contributed by atoms with van der Waals surface area (Å²) in [6.07, 6.45) is 0. The second-order valence-corrected chi connectivity index (χ2v) is 5.76. The van der Waals surface area contributed by atoms with Crippen LogP contribution in [0.4, 0.5) is 0 Å². The molecule has 2 rings (SSSR count). The number of hydrogen-bond acceptors (Lipinski definition) is 1. The van der Waals surface area contributed by atoms with Gasteiger partial charge in [-0.15, -0.1) is 0 Å². The molecule has 0 N–H and O–H groups in total. The van der Waals surface area contributed by atoms with Gasteiger partial charge in [0.25, 0.3) is 0 Å². The molecule has 94 valence electrons. The normalized spacial score (nSPS) is 10.4. The first-order valence-electron chi connectivity index (χ1n) is 5.38. The van der Waals surface area contributed by atoms with Crippen LogP contribution in [0.2, 0.25) is 5.02 Å². The Kier molecular flexibility index (Phi) is 4.71. The van der Waals surface area contributed by atoms with Crippen molar-refractivity contribution >= 4 is 43.5 Å². The van der Waals surface area contributed by atoms with Crippen LogP contribution in [0.3, 0.4) is 0 Å². The fraction of sp³-hybridized carbons (Fsp3) is 0.143. The van der Waals surface area contributed by atoms with Gasteiger partial charge in [0.2, 0.25) is 0 Å². The molecule has 0 fully saturated rings. The van der Waals surface area contributed by atoms with Crippen LogP contribution < -0.4 is 4.74 Å². The van der Waals surface area contributed by atoms with E-state index in [1.165, 1.54) is 5.56 Å². The molecule has 1 nitrogen and oxygen atoms in total. The maximum atomic E-state index is 6.18. The summed E-state index contributed by atoms with van der Waals surface area (Å²) >= 11 is 13.1. The van der Waals surface area contributed by atoms with E-state index in [0.717, 1.165) is 21.1 Å². The summed E-state index contributed by atoms with van der Waals surface area (Å²) in [4.78, 5) is 0. The lowest BCUT2D eigenvalue weighted by Gasteiger charge is -2.10. The molecule has 0 aliphatic carbocycles. The second kappa shape index (κ2) is 6.09. The summed E-state index contributed by atoms with van der Waals surface area (Å²) in [6, 6.07) is 11.7. The fourth-order valence-corrected chi connectivity index (χ4v) is 2.68. The molecule has 0 unspecified atom stereocenters. The number of alkyl halides is 1. The second-order valence-electron chi connectivity index (χ2n) is 3.93. The fourth-order valence-electron chi connectivity index (χ4n) is 1.52. The van der Waals surface area contributed by atoms with Crippen molar-refractivity contribution in [2.45, 2.75) is 12.3 Å². The lowest BCUT2D eigenvalue weighted by molar-refractivity contribution is 0.479. The Morgan fingerprint density at radius 2 is 1.83 bits per heavy atom. The number of hydrogen-bond donors (Lipinski definition) is 0. The van der Waals surface area contributed by atoms with Gasteiger partial charge in [0.05, 0.1) is 9.50 Å². The highest BCUT2D eigenvalue weighted by molar-refractivity contribution is 9.10. The molecular weight excluding hydrogens is 379 g/mol. The van der Waals surface area contributed by atoms with Crippen molar-refractivity contribution in [2.24, 2.45) is 0 Å². The predicted molar refractivity (Wildman–Crippen MR) is 83.0 cm³/mol. The smallest absolute Gasteiger partial charge is 0.146 e. The Balaban J connectivity index is 2.28. The van der Waals surface area contributed by atoms with E-state index in [-0.39, 0.29) is 0 Å². The molecule has 0 saturated carbocycles. The highest BCUT2D eigenvalue weighted by Crippen LogP contribution is 2.34. The van der Waals surface area contributed by atoms with Gasteiger partial charge in [-0.25, -0.2) is 0 Å². The highest BCUT2D eigenvalue weighted by Gasteiger charge is 2.07. The Bertz CT molecular complexity index is 570. The number of halogens is 3. The molecule has 0 bridgehead atoms. The van der Waals surface area contributed by atoms with Gasteiger partial charge < -0.3 is 4.74 Å². The number of rotatable bonds is 3. The van der Waals surface area contributed by atoms with Gasteiger partial charge in [-0.1, -0.05) is 39.7 Å². The summed E-state index contributed by atoms with van der Waals surface area (Å²) in [5.41, 5.74) is 2.30. The summed E-state index contributed by atoms with van der Waals surface area (Å²) < 4.78 is 6.72. The van der Waals surface area contributed by atoms with Crippen LogP contribution in [-0.4, -0.2) is 0 Å². The third-order valence-electron chi connectivity index (χ3n) is 2.46. The van der Waals surface area contributed by atoms with E-state index in [9.17, 15) is 0 Å². The Morgan fingerprint density at radius 1 is 1.11 bits per heavy atom. The van der Waals surface area contributed by atoms with Crippen molar-refractivity contribution in [3.05, 3.63) is 57.0 Å². The summed E-state index contributed by atoms with van der Waals surface area (Å²) in [5.74, 6) is 1.42. The van der Waals surface area contributed by atoms with Crippen LogP contribution >= 0.6 is 43.5 Å². The molecule has 0 aromatic heterocycles. The molecule has 2 aromatic rings. The van der Waals surface area contributed by atoms with Crippen LogP contribution in [0.5, 0.6) is 11.5 Å². The SMILES string of the molecule is Cc1ccc(Oc2ccc(CBr)cc2Cl)c(Br)c1. The maximum Gasteiger partial charge on any atom is 0.146 e. The van der Waals surface area contributed by atoms with E-state index in [1.807, 2.05) is 43.3 Å². The molecule has 0 saturated heterocycles. The van der Waals surface area contributed by atoms with Crippen molar-refractivity contribution in [3.8, 4) is 11.5 Å². The van der Waals surface area contributed by atoms with E-state index in [0.29, 0.717) is 10.8 Å². The topological polar surface area (TPSA) is 9.23 Å². The van der Waals surface area contributed by atoms with Crippen LogP contribution in [0, 0.1) is 6.92 Å². The van der Waals surface area contributed by atoms with Gasteiger partial charge in [0, 0.05) is 5.33 Å². The molecule has 2 aromatic carbocycles. The van der Waals surface area contributed by atoms with Gasteiger partial charge in [-0.05, 0) is 58.2 Å². The van der Waals surface area contributed by atoms with E-state index < -0.39 is 0 Å². The van der Waals surface area contributed by atoms with E-state index in [2.05, 4.69) is 31.9 Å². The van der Waals surface area contributed by atoms with E-state index in [4.69, 9.17) is 16.3 Å². The lowest BCUT2D eigenvalue weighted by atomic mass is 10.2. The first kappa shape index (κ1) is 13.9. The van der Waals surface area contributed by atoms with E-state index in [1.54, 1.807) is 0 Å². The Labute approximate surface area is 128 Å². The lowest BCUT2D eigenvalue weighted by Crippen LogP contribution is -1.88. The monoisotopic (exact) mass is 388 g/mol. The number of benzene rings is 2. The van der Waals surface area contributed by atoms with Crippen molar-refractivity contribution in [1.82, 2.24) is 0 Å². The van der Waals surface area contributed by atoms with Gasteiger partial charge in [-0.2, -0.15) is 0 Å². The zero-order valence-corrected chi connectivity index (χ0v) is 13.6. The average molecular weight is 391 g/mol. The molecule has 0 spiro atoms. The molecule has 0 atom stereocenters. The van der Waals surface area contributed by atoms with Gasteiger partial charge >= 0.3 is 0 Å². The third-order valence-corrected chi connectivity index (χ3v) is 4.02. The minimum absolute atomic E-state index is 0.611. The minimum Gasteiger partial charge on any atom is -0.455 e. The molecule has 0 radical (unpaired) electrons. The van der Waals surface area contributed by atoms with Crippen molar-refractivity contribution < 1.29 is 4.74 Å². The van der Waals surface area contributed by atoms with E-state index >= 15 is 0 Å². The first-order chi connectivity index (χ1) is 8.60. The van der Waals surface area contributed by atoms with Crippen LogP contribution in [-0.2, 0) is 5.33 Å². The van der Waals surface area contributed by atoms with Crippen molar-refractivity contribution in [3.63, 3.8) is 0 Å². The van der Waals surface area contributed by atoms with Crippen molar-refractivity contribution in [2.75, 3.05) is 0 Å². The summed E-state index contributed by atoms with van der Waals surface area (Å²) in [7, 11) is 0.